The van der Waals surface area contributed by atoms with Gasteiger partial charge in [-0.3, -0.25) is 9.79 Å². The lowest BCUT2D eigenvalue weighted by atomic mass is 9.85. The van der Waals surface area contributed by atoms with Gasteiger partial charge in [-0.05, 0) is 24.5 Å². The Hall–Kier alpha value is -2.19. The summed E-state index contributed by atoms with van der Waals surface area (Å²) in [5.74, 6) is -0.0307. The third-order valence-corrected chi connectivity index (χ3v) is 3.73. The van der Waals surface area contributed by atoms with Gasteiger partial charge in [-0.25, -0.2) is 0 Å². The second-order valence-corrected chi connectivity index (χ2v) is 5.09. The Kier molecular flexibility index (Phi) is 3.48. The molecule has 0 aromatic heterocycles. The maximum Gasteiger partial charge on any atom is 0.233 e. The highest BCUT2D eigenvalue weighted by Gasteiger charge is 2.33. The summed E-state index contributed by atoms with van der Waals surface area (Å²) in [6.07, 6.45) is 1.86. The Morgan fingerprint density at radius 1 is 1.50 bits per heavy atom. The molecular weight excluding hydrogens is 252 g/mol. The van der Waals surface area contributed by atoms with Crippen molar-refractivity contribution in [3.63, 3.8) is 0 Å². The third-order valence-electron chi connectivity index (χ3n) is 3.73. The van der Waals surface area contributed by atoms with Crippen molar-refractivity contribution in [1.82, 2.24) is 5.32 Å². The lowest BCUT2D eigenvalue weighted by Gasteiger charge is -2.29. The van der Waals surface area contributed by atoms with Gasteiger partial charge in [0, 0.05) is 18.7 Å². The van der Waals surface area contributed by atoms with Crippen molar-refractivity contribution >= 4 is 17.3 Å². The molecule has 1 atom stereocenters. The van der Waals surface area contributed by atoms with Crippen LogP contribution in [-0.2, 0) is 11.3 Å². The van der Waals surface area contributed by atoms with Crippen molar-refractivity contribution in [2.45, 2.75) is 19.4 Å². The van der Waals surface area contributed by atoms with Crippen LogP contribution in [0.2, 0.25) is 0 Å². The van der Waals surface area contributed by atoms with Crippen LogP contribution in [0.4, 0.5) is 5.69 Å². The Morgan fingerprint density at radius 2 is 2.40 bits per heavy atom. The van der Waals surface area contributed by atoms with E-state index in [4.69, 9.17) is 5.26 Å². The zero-order chi connectivity index (χ0) is 13.9. The number of rotatable bonds is 3. The summed E-state index contributed by atoms with van der Waals surface area (Å²) in [4.78, 5) is 16.7. The number of benzene rings is 1. The fourth-order valence-corrected chi connectivity index (χ4v) is 2.78. The van der Waals surface area contributed by atoms with Crippen molar-refractivity contribution in [2.75, 3.05) is 18.4 Å². The number of nitrogens with zero attached hydrogens (tertiary/aromatic N) is 2. The topological polar surface area (TPSA) is 77.3 Å². The van der Waals surface area contributed by atoms with E-state index in [-0.39, 0.29) is 11.8 Å². The van der Waals surface area contributed by atoms with Crippen molar-refractivity contribution in [3.8, 4) is 6.07 Å². The molecule has 1 aromatic rings. The van der Waals surface area contributed by atoms with Gasteiger partial charge in [0.05, 0.1) is 29.9 Å². The van der Waals surface area contributed by atoms with Gasteiger partial charge in [-0.15, -0.1) is 0 Å². The second kappa shape index (κ2) is 5.43. The highest BCUT2D eigenvalue weighted by molar-refractivity contribution is 6.23. The van der Waals surface area contributed by atoms with Gasteiger partial charge in [0.25, 0.3) is 0 Å². The Bertz CT molecular complexity index is 615. The predicted molar refractivity (Wildman–Crippen MR) is 76.5 cm³/mol. The summed E-state index contributed by atoms with van der Waals surface area (Å²) in [5.41, 5.74) is 3.86. The van der Waals surface area contributed by atoms with E-state index in [1.54, 1.807) is 0 Å². The van der Waals surface area contributed by atoms with Crippen LogP contribution >= 0.6 is 0 Å². The number of amides is 1. The first kappa shape index (κ1) is 12.8. The largest absolute Gasteiger partial charge is 0.325 e. The molecular formula is C15H16N4O. The quantitative estimate of drug-likeness (QED) is 0.643. The van der Waals surface area contributed by atoms with E-state index >= 15 is 0 Å². The maximum atomic E-state index is 12.1. The molecule has 1 amide bonds. The van der Waals surface area contributed by atoms with Crippen molar-refractivity contribution in [2.24, 2.45) is 10.9 Å². The fourth-order valence-electron chi connectivity index (χ4n) is 2.78. The van der Waals surface area contributed by atoms with Crippen LogP contribution in [0, 0.1) is 17.2 Å². The van der Waals surface area contributed by atoms with Crippen LogP contribution in [0.3, 0.4) is 0 Å². The van der Waals surface area contributed by atoms with Gasteiger partial charge in [0.15, 0.2) is 0 Å². The van der Waals surface area contributed by atoms with E-state index in [0.717, 1.165) is 41.9 Å². The van der Waals surface area contributed by atoms with E-state index in [9.17, 15) is 4.79 Å². The Balaban J connectivity index is 1.89. The van der Waals surface area contributed by atoms with Crippen LogP contribution < -0.4 is 10.6 Å². The molecule has 2 aliphatic heterocycles. The van der Waals surface area contributed by atoms with E-state index in [1.807, 2.05) is 24.3 Å². The zero-order valence-corrected chi connectivity index (χ0v) is 11.1. The monoisotopic (exact) mass is 268 g/mol. The number of fused-ring (bicyclic) bond motifs is 3. The summed E-state index contributed by atoms with van der Waals surface area (Å²) >= 11 is 0. The van der Waals surface area contributed by atoms with Crippen LogP contribution in [0.25, 0.3) is 0 Å². The van der Waals surface area contributed by atoms with Gasteiger partial charge in [0.1, 0.15) is 0 Å². The number of carbonyl (C=O) groups excluding carboxylic acids is 1. The summed E-state index contributed by atoms with van der Waals surface area (Å²) in [6.45, 7) is 1.74. The minimum atomic E-state index is -0.0844. The van der Waals surface area contributed by atoms with E-state index in [2.05, 4.69) is 15.6 Å². The molecule has 0 bridgehead atoms. The molecule has 2 heterocycles. The Labute approximate surface area is 117 Å². The average Bonchev–Trinajstić information content (AvgIpc) is 2.48. The van der Waals surface area contributed by atoms with Gasteiger partial charge in [0.2, 0.25) is 5.91 Å². The number of nitriles is 1. The third kappa shape index (κ3) is 2.30. The zero-order valence-electron chi connectivity index (χ0n) is 11.1. The predicted octanol–water partition coefficient (Wildman–Crippen LogP) is 1.45. The molecule has 3 rings (SSSR count). The molecule has 0 saturated heterocycles. The van der Waals surface area contributed by atoms with Crippen molar-refractivity contribution in [1.29, 1.82) is 5.26 Å². The summed E-state index contributed by atoms with van der Waals surface area (Å²) in [6, 6.07) is 8.05. The average molecular weight is 268 g/mol. The number of hydrogen-bond acceptors (Lipinski definition) is 4. The van der Waals surface area contributed by atoms with E-state index < -0.39 is 0 Å². The molecule has 1 aromatic carbocycles. The highest BCUT2D eigenvalue weighted by Crippen LogP contribution is 2.31. The highest BCUT2D eigenvalue weighted by atomic mass is 16.2. The lowest BCUT2D eigenvalue weighted by molar-refractivity contribution is -0.118. The molecule has 5 heteroatoms. The van der Waals surface area contributed by atoms with Crippen LogP contribution in [-0.4, -0.2) is 24.7 Å². The second-order valence-electron chi connectivity index (χ2n) is 5.09. The maximum absolute atomic E-state index is 12.1. The molecule has 0 fully saturated rings. The molecule has 0 saturated carbocycles. The molecule has 102 valence electrons. The molecule has 5 nitrogen and oxygen atoms in total. The fraction of sp³-hybridized carbons (Fsp3) is 0.400. The van der Waals surface area contributed by atoms with Crippen LogP contribution in [0.1, 0.15) is 24.0 Å². The molecule has 0 aliphatic carbocycles. The molecule has 0 spiro atoms. The first-order valence-corrected chi connectivity index (χ1v) is 6.86. The summed E-state index contributed by atoms with van der Waals surface area (Å²) < 4.78 is 0. The number of aliphatic imine (C=N–C) groups is 1. The lowest BCUT2D eigenvalue weighted by Crippen LogP contribution is -2.37. The molecule has 1 unspecified atom stereocenters. The van der Waals surface area contributed by atoms with E-state index in [1.165, 1.54) is 0 Å². The normalized spacial score (nSPS) is 20.2. The number of carbonyl (C=O) groups is 1. The minimum Gasteiger partial charge on any atom is -0.325 e. The smallest absolute Gasteiger partial charge is 0.233 e. The van der Waals surface area contributed by atoms with Gasteiger partial charge in [-0.1, -0.05) is 12.1 Å². The first-order chi connectivity index (χ1) is 9.79. The SMILES string of the molecule is N#CCNCc1ccc2c(c1)NC(=O)C1CCCN=C21. The first-order valence-electron chi connectivity index (χ1n) is 6.86. The molecule has 2 N–H and O–H groups in total. The van der Waals surface area contributed by atoms with Crippen molar-refractivity contribution in [3.05, 3.63) is 29.3 Å². The number of nitrogens with one attached hydrogen (secondary N) is 2. The van der Waals surface area contributed by atoms with Gasteiger partial charge >= 0.3 is 0 Å². The van der Waals surface area contributed by atoms with Gasteiger partial charge < -0.3 is 10.6 Å². The van der Waals surface area contributed by atoms with Crippen LogP contribution in [0.15, 0.2) is 23.2 Å². The minimum absolute atomic E-state index is 0.0538. The standard InChI is InChI=1S/C15H16N4O/c16-5-7-17-9-10-3-4-11-13(8-10)19-15(20)12-2-1-6-18-14(11)12/h3-4,8,12,17H,1-2,6-7,9H2,(H,19,20). The molecule has 0 radical (unpaired) electrons. The van der Waals surface area contributed by atoms with Crippen LogP contribution in [0.5, 0.6) is 0 Å². The summed E-state index contributed by atoms with van der Waals surface area (Å²) in [7, 11) is 0. The summed E-state index contributed by atoms with van der Waals surface area (Å²) in [5, 5.41) is 14.5. The van der Waals surface area contributed by atoms with Crippen molar-refractivity contribution < 1.29 is 4.79 Å². The number of anilines is 1. The Morgan fingerprint density at radius 3 is 3.25 bits per heavy atom. The van der Waals surface area contributed by atoms with E-state index in [0.29, 0.717) is 13.1 Å². The number of hydrogen-bond donors (Lipinski definition) is 2. The molecule has 20 heavy (non-hydrogen) atoms. The molecule has 2 aliphatic rings. The van der Waals surface area contributed by atoms with Gasteiger partial charge in [-0.2, -0.15) is 5.26 Å².